The van der Waals surface area contributed by atoms with E-state index < -0.39 is 23.2 Å². The Labute approximate surface area is 252 Å². The third-order valence-corrected chi connectivity index (χ3v) is 7.37. The van der Waals surface area contributed by atoms with Crippen molar-refractivity contribution in [2.24, 2.45) is 17.0 Å². The van der Waals surface area contributed by atoms with Crippen LogP contribution in [0, 0.1) is 17.0 Å². The number of hydrogen-bond donors (Lipinski definition) is 4. The van der Waals surface area contributed by atoms with Gasteiger partial charge in [-0.25, -0.2) is 14.6 Å². The number of halogens is 2. The fourth-order valence-corrected chi connectivity index (χ4v) is 5.02. The Morgan fingerprint density at radius 2 is 1.67 bits per heavy atom. The predicted octanol–water partition coefficient (Wildman–Crippen LogP) is 2.26. The van der Waals surface area contributed by atoms with Crippen molar-refractivity contribution < 1.29 is 23.2 Å². The normalized spacial score (nSPS) is 16.1. The van der Waals surface area contributed by atoms with E-state index in [-0.39, 0.29) is 49.0 Å². The zero-order valence-electron chi connectivity index (χ0n) is 25.3. The Kier molecular flexibility index (Phi) is 11.6. The average molecular weight is 600 g/mol. The number of likely N-dealkylation sites (tertiary alicyclic amines) is 1. The van der Waals surface area contributed by atoms with E-state index in [1.165, 1.54) is 42.6 Å². The minimum atomic E-state index is -0.760. The number of carbonyl (C=O) groups is 3. The quantitative estimate of drug-likeness (QED) is 0.167. The zero-order chi connectivity index (χ0) is 31.7. The second-order valence-corrected chi connectivity index (χ2v) is 11.8. The first-order valence-electron chi connectivity index (χ1n) is 14.3. The summed E-state index contributed by atoms with van der Waals surface area (Å²) in [5, 5.41) is 6.80. The number of anilines is 1. The van der Waals surface area contributed by atoms with Gasteiger partial charge in [0.25, 0.3) is 5.91 Å². The molecular formula is C31H43F2N7O3. The van der Waals surface area contributed by atoms with E-state index >= 15 is 0 Å². The Morgan fingerprint density at radius 3 is 2.26 bits per heavy atom. The van der Waals surface area contributed by atoms with Gasteiger partial charge in [-0.3, -0.25) is 19.4 Å². The van der Waals surface area contributed by atoms with Gasteiger partial charge in [0.15, 0.2) is 0 Å². The average Bonchev–Trinajstić information content (AvgIpc) is 3.42. The van der Waals surface area contributed by atoms with Crippen LogP contribution in [0.5, 0.6) is 0 Å². The smallest absolute Gasteiger partial charge is 0.271 e. The van der Waals surface area contributed by atoms with Gasteiger partial charge in [-0.1, -0.05) is 32.9 Å². The number of nitrogens with zero attached hydrogens (tertiary/aromatic N) is 3. The molecule has 10 nitrogen and oxygen atoms in total. The molecule has 1 heterocycles. The molecule has 0 saturated carbocycles. The van der Waals surface area contributed by atoms with Crippen molar-refractivity contribution in [2.45, 2.75) is 52.1 Å². The summed E-state index contributed by atoms with van der Waals surface area (Å²) in [6.07, 6.45) is 3.10. The predicted molar refractivity (Wildman–Crippen MR) is 162 cm³/mol. The molecule has 0 radical (unpaired) electrons. The van der Waals surface area contributed by atoms with Gasteiger partial charge in [0, 0.05) is 31.9 Å². The van der Waals surface area contributed by atoms with Crippen molar-refractivity contribution in [2.75, 3.05) is 38.2 Å². The highest BCUT2D eigenvalue weighted by atomic mass is 19.1. The van der Waals surface area contributed by atoms with Crippen LogP contribution in [0.4, 0.5) is 14.5 Å². The summed E-state index contributed by atoms with van der Waals surface area (Å²) in [4.78, 5) is 43.2. The summed E-state index contributed by atoms with van der Waals surface area (Å²) in [6.45, 7) is 6.70. The van der Waals surface area contributed by atoms with Crippen LogP contribution >= 0.6 is 0 Å². The maximum Gasteiger partial charge on any atom is 0.271 e. The number of benzene rings is 2. The van der Waals surface area contributed by atoms with E-state index in [9.17, 15) is 23.2 Å². The summed E-state index contributed by atoms with van der Waals surface area (Å²) in [6, 6.07) is 10.4. The molecule has 43 heavy (non-hydrogen) atoms. The van der Waals surface area contributed by atoms with E-state index in [0.29, 0.717) is 25.1 Å². The Morgan fingerprint density at radius 1 is 1.07 bits per heavy atom. The molecule has 2 atom stereocenters. The summed E-state index contributed by atoms with van der Waals surface area (Å²) in [5.74, 6) is 4.31. The molecule has 3 amide bonds. The molecule has 234 valence electrons. The van der Waals surface area contributed by atoms with E-state index in [2.05, 4.69) is 10.6 Å². The second-order valence-electron chi connectivity index (χ2n) is 11.8. The molecular weight excluding hydrogens is 556 g/mol. The largest absolute Gasteiger partial charge is 0.393 e. The molecule has 0 bridgehead atoms. The zero-order valence-corrected chi connectivity index (χ0v) is 25.3. The minimum Gasteiger partial charge on any atom is -0.393 e. The van der Waals surface area contributed by atoms with Gasteiger partial charge in [-0.2, -0.15) is 0 Å². The van der Waals surface area contributed by atoms with Gasteiger partial charge in [0.1, 0.15) is 23.4 Å². The highest BCUT2D eigenvalue weighted by molar-refractivity contribution is 5.93. The molecule has 1 fully saturated rings. The number of rotatable bonds is 12. The number of hydrogen-bond acceptors (Lipinski definition) is 7. The fourth-order valence-electron chi connectivity index (χ4n) is 5.02. The van der Waals surface area contributed by atoms with Gasteiger partial charge in [0.2, 0.25) is 11.8 Å². The minimum absolute atomic E-state index is 0.0800. The van der Waals surface area contributed by atoms with Crippen molar-refractivity contribution in [1.29, 1.82) is 0 Å². The van der Waals surface area contributed by atoms with Crippen LogP contribution in [0.25, 0.3) is 0 Å². The van der Waals surface area contributed by atoms with E-state index in [0.717, 1.165) is 17.0 Å². The fraction of sp³-hybridized carbons (Fsp3) is 0.452. The number of amides is 3. The lowest BCUT2D eigenvalue weighted by Gasteiger charge is -2.37. The molecule has 0 aliphatic carbocycles. The summed E-state index contributed by atoms with van der Waals surface area (Å²) in [5.41, 5.74) is 6.78. The van der Waals surface area contributed by atoms with E-state index in [1.54, 1.807) is 29.0 Å². The molecule has 1 saturated heterocycles. The maximum absolute atomic E-state index is 13.8. The van der Waals surface area contributed by atoms with Crippen molar-refractivity contribution in [3.8, 4) is 0 Å². The van der Waals surface area contributed by atoms with Crippen LogP contribution in [0.3, 0.4) is 0 Å². The number of nitrogens with two attached hydrogens (primary N) is 2. The molecule has 1 aliphatic rings. The van der Waals surface area contributed by atoms with Gasteiger partial charge in [0.05, 0.1) is 12.2 Å². The van der Waals surface area contributed by atoms with Gasteiger partial charge < -0.3 is 26.2 Å². The van der Waals surface area contributed by atoms with Crippen molar-refractivity contribution in [3.63, 3.8) is 0 Å². The van der Waals surface area contributed by atoms with Crippen LogP contribution in [-0.2, 0) is 20.8 Å². The lowest BCUT2D eigenvalue weighted by molar-refractivity contribution is -0.141. The molecule has 12 heteroatoms. The number of hydrazine groups is 1. The van der Waals surface area contributed by atoms with Crippen LogP contribution in [0.1, 0.15) is 39.2 Å². The van der Waals surface area contributed by atoms with Gasteiger partial charge >= 0.3 is 0 Å². The third kappa shape index (κ3) is 9.48. The first-order chi connectivity index (χ1) is 20.3. The Hall–Kier alpha value is -4.03. The standard InChI is InChI=1S/C31H43F2N7O3/c1-31(2,3)28(37-27(41)18-36-4)30(43)39-16-5-6-25(39)19-38(17-15-21-7-9-22(32)10-8-21)29(42)26(34)20-40(35)24-13-11-23(33)12-14-24/h7-14,20,25,28,36H,5-6,15-19,34-35H2,1-4H3,(H,37,41)/b26-20-. The van der Waals surface area contributed by atoms with Gasteiger partial charge in [-0.15, -0.1) is 0 Å². The first kappa shape index (κ1) is 33.5. The van der Waals surface area contributed by atoms with Crippen LogP contribution in [0.2, 0.25) is 0 Å². The van der Waals surface area contributed by atoms with Crippen LogP contribution in [0.15, 0.2) is 60.4 Å². The first-order valence-corrected chi connectivity index (χ1v) is 14.3. The molecule has 1 aliphatic heterocycles. The summed E-state index contributed by atoms with van der Waals surface area (Å²) < 4.78 is 26.8. The van der Waals surface area contributed by atoms with Crippen molar-refractivity contribution >= 4 is 23.4 Å². The highest BCUT2D eigenvalue weighted by Crippen LogP contribution is 2.26. The Balaban J connectivity index is 1.84. The maximum atomic E-state index is 13.8. The van der Waals surface area contributed by atoms with E-state index in [1.807, 2.05) is 20.8 Å². The van der Waals surface area contributed by atoms with Crippen molar-refractivity contribution in [3.05, 3.63) is 77.6 Å². The van der Waals surface area contributed by atoms with Crippen molar-refractivity contribution in [1.82, 2.24) is 20.4 Å². The molecule has 2 aromatic rings. The van der Waals surface area contributed by atoms with Crippen LogP contribution < -0.4 is 27.2 Å². The Bertz CT molecular complexity index is 1280. The second kappa shape index (κ2) is 14.9. The monoisotopic (exact) mass is 599 g/mol. The summed E-state index contributed by atoms with van der Waals surface area (Å²) >= 11 is 0. The van der Waals surface area contributed by atoms with Gasteiger partial charge in [-0.05, 0) is 73.7 Å². The SMILES string of the molecule is CNCC(=O)NC(C(=O)N1CCCC1CN(CCc1ccc(F)cc1)C(=O)/C(N)=C/N(N)c1ccc(F)cc1)C(C)(C)C. The molecule has 3 rings (SSSR count). The van der Waals surface area contributed by atoms with Crippen LogP contribution in [-0.4, -0.2) is 72.8 Å². The highest BCUT2D eigenvalue weighted by Gasteiger charge is 2.40. The number of carbonyl (C=O) groups excluding carboxylic acids is 3. The topological polar surface area (TPSA) is 137 Å². The molecule has 2 aromatic carbocycles. The summed E-state index contributed by atoms with van der Waals surface area (Å²) in [7, 11) is 1.66. The molecule has 0 spiro atoms. The number of nitrogens with one attached hydrogen (secondary N) is 2. The molecule has 2 unspecified atom stereocenters. The van der Waals surface area contributed by atoms with E-state index in [4.69, 9.17) is 11.6 Å². The lowest BCUT2D eigenvalue weighted by atomic mass is 9.85. The lowest BCUT2D eigenvalue weighted by Crippen LogP contribution is -2.58. The number of likely N-dealkylation sites (N-methyl/N-ethyl adjacent to an activating group) is 1. The molecule has 6 N–H and O–H groups in total. The third-order valence-electron chi connectivity index (χ3n) is 7.37. The molecule has 0 aromatic heterocycles.